The van der Waals surface area contributed by atoms with Gasteiger partial charge in [-0.1, -0.05) is 44.9 Å². The van der Waals surface area contributed by atoms with Crippen LogP contribution >= 0.6 is 11.6 Å². The summed E-state index contributed by atoms with van der Waals surface area (Å²) >= 11 is 6.14. The Morgan fingerprint density at radius 1 is 1.35 bits per heavy atom. The highest BCUT2D eigenvalue weighted by atomic mass is 35.5. The lowest BCUT2D eigenvalue weighted by atomic mass is 9.85. The summed E-state index contributed by atoms with van der Waals surface area (Å²) in [6.45, 7) is 8.28. The molecule has 0 aromatic heterocycles. The van der Waals surface area contributed by atoms with Crippen molar-refractivity contribution in [2.24, 2.45) is 5.92 Å². The lowest BCUT2D eigenvalue weighted by molar-refractivity contribution is 0.424. The van der Waals surface area contributed by atoms with E-state index in [2.05, 4.69) is 26.1 Å². The summed E-state index contributed by atoms with van der Waals surface area (Å²) in [6, 6.07) is 4.70. The molecular formula is C14H21ClFN. The quantitative estimate of drug-likeness (QED) is 0.805. The van der Waals surface area contributed by atoms with Gasteiger partial charge in [0.2, 0.25) is 0 Å². The molecule has 96 valence electrons. The molecule has 1 N–H and O–H groups in total. The van der Waals surface area contributed by atoms with Crippen LogP contribution in [-0.2, 0) is 0 Å². The molecule has 0 fully saturated rings. The minimum atomic E-state index is -0.273. The molecule has 0 spiro atoms. The third kappa shape index (κ3) is 3.97. The van der Waals surface area contributed by atoms with E-state index in [9.17, 15) is 4.39 Å². The van der Waals surface area contributed by atoms with Crippen LogP contribution in [0.25, 0.3) is 0 Å². The Morgan fingerprint density at radius 2 is 2.06 bits per heavy atom. The third-order valence-corrected chi connectivity index (χ3v) is 3.63. The molecule has 0 radical (unpaired) electrons. The zero-order valence-electron chi connectivity index (χ0n) is 10.8. The van der Waals surface area contributed by atoms with E-state index in [0.717, 1.165) is 25.1 Å². The van der Waals surface area contributed by atoms with Gasteiger partial charge >= 0.3 is 0 Å². The van der Waals surface area contributed by atoms with E-state index in [1.165, 1.54) is 12.1 Å². The van der Waals surface area contributed by atoms with Crippen LogP contribution in [0.5, 0.6) is 0 Å². The van der Waals surface area contributed by atoms with Crippen LogP contribution in [0, 0.1) is 11.7 Å². The van der Waals surface area contributed by atoms with E-state index >= 15 is 0 Å². The molecule has 0 saturated carbocycles. The molecule has 1 rings (SSSR count). The maximum absolute atomic E-state index is 13.0. The fraction of sp³-hybridized carbons (Fsp3) is 0.571. The monoisotopic (exact) mass is 257 g/mol. The second-order valence-electron chi connectivity index (χ2n) is 4.47. The van der Waals surface area contributed by atoms with E-state index < -0.39 is 0 Å². The lowest BCUT2D eigenvalue weighted by Crippen LogP contribution is -2.25. The van der Waals surface area contributed by atoms with Gasteiger partial charge in [0, 0.05) is 17.5 Å². The fourth-order valence-corrected chi connectivity index (χ4v) is 2.31. The first-order valence-corrected chi connectivity index (χ1v) is 6.63. The number of rotatable bonds is 6. The predicted octanol–water partition coefficient (Wildman–Crippen LogP) is 4.22. The summed E-state index contributed by atoms with van der Waals surface area (Å²) in [5.41, 5.74) is 1.04. The third-order valence-electron chi connectivity index (χ3n) is 3.31. The number of halogens is 2. The molecule has 0 aliphatic rings. The maximum Gasteiger partial charge on any atom is 0.124 e. The first-order valence-electron chi connectivity index (χ1n) is 6.25. The minimum Gasteiger partial charge on any atom is -0.316 e. The van der Waals surface area contributed by atoms with E-state index in [0.29, 0.717) is 16.9 Å². The molecule has 1 aromatic carbocycles. The molecule has 1 aromatic rings. The van der Waals surface area contributed by atoms with Crippen molar-refractivity contribution in [1.82, 2.24) is 5.32 Å². The van der Waals surface area contributed by atoms with Crippen LogP contribution in [0.4, 0.5) is 4.39 Å². The van der Waals surface area contributed by atoms with Gasteiger partial charge in [-0.2, -0.15) is 0 Å². The summed E-state index contributed by atoms with van der Waals surface area (Å²) in [6.07, 6.45) is 1.09. The number of benzene rings is 1. The van der Waals surface area contributed by atoms with Gasteiger partial charge in [-0.25, -0.2) is 4.39 Å². The minimum absolute atomic E-state index is 0.273. The highest BCUT2D eigenvalue weighted by Crippen LogP contribution is 2.32. The first-order chi connectivity index (χ1) is 8.10. The molecule has 0 bridgehead atoms. The first kappa shape index (κ1) is 14.5. The summed E-state index contributed by atoms with van der Waals surface area (Å²) in [7, 11) is 0. The standard InChI is InChI=1S/C14H21ClFN/c1-4-10(3)13(9-17-5-2)12-7-6-11(16)8-14(12)15/h6-8,10,13,17H,4-5,9H2,1-3H3. The molecule has 2 unspecified atom stereocenters. The van der Waals surface area contributed by atoms with Gasteiger partial charge in [0.05, 0.1) is 0 Å². The fourth-order valence-electron chi connectivity index (χ4n) is 2.00. The molecule has 0 amide bonds. The summed E-state index contributed by atoms with van der Waals surface area (Å²) < 4.78 is 13.0. The SMILES string of the molecule is CCNCC(c1ccc(F)cc1Cl)C(C)CC. The van der Waals surface area contributed by atoms with Gasteiger partial charge in [-0.05, 0) is 30.2 Å². The van der Waals surface area contributed by atoms with Crippen LogP contribution in [0.1, 0.15) is 38.7 Å². The Kier molecular flexibility index (Phi) is 5.93. The summed E-state index contributed by atoms with van der Waals surface area (Å²) in [5.74, 6) is 0.593. The Morgan fingerprint density at radius 3 is 2.59 bits per heavy atom. The summed E-state index contributed by atoms with van der Waals surface area (Å²) in [4.78, 5) is 0. The molecule has 2 atom stereocenters. The van der Waals surface area contributed by atoms with Crippen molar-refractivity contribution in [3.63, 3.8) is 0 Å². The Bertz CT molecular complexity index is 354. The van der Waals surface area contributed by atoms with Crippen LogP contribution in [-0.4, -0.2) is 13.1 Å². The van der Waals surface area contributed by atoms with Crippen LogP contribution in [0.15, 0.2) is 18.2 Å². The normalized spacial score (nSPS) is 14.6. The molecule has 0 aliphatic carbocycles. The highest BCUT2D eigenvalue weighted by Gasteiger charge is 2.20. The van der Waals surface area contributed by atoms with E-state index in [-0.39, 0.29) is 5.82 Å². The van der Waals surface area contributed by atoms with E-state index in [1.807, 2.05) is 6.07 Å². The Hall–Kier alpha value is -0.600. The molecule has 0 saturated heterocycles. The Labute approximate surface area is 108 Å². The molecule has 0 aliphatic heterocycles. The predicted molar refractivity (Wildman–Crippen MR) is 72.1 cm³/mol. The zero-order valence-corrected chi connectivity index (χ0v) is 11.5. The molecule has 17 heavy (non-hydrogen) atoms. The van der Waals surface area contributed by atoms with Crippen molar-refractivity contribution in [1.29, 1.82) is 0 Å². The van der Waals surface area contributed by atoms with Gasteiger partial charge in [-0.3, -0.25) is 0 Å². The van der Waals surface area contributed by atoms with Gasteiger partial charge in [0.15, 0.2) is 0 Å². The number of likely N-dealkylation sites (N-methyl/N-ethyl adjacent to an activating group) is 1. The van der Waals surface area contributed by atoms with E-state index in [4.69, 9.17) is 11.6 Å². The van der Waals surface area contributed by atoms with Gasteiger partial charge in [0.1, 0.15) is 5.82 Å². The number of hydrogen-bond acceptors (Lipinski definition) is 1. The average molecular weight is 258 g/mol. The van der Waals surface area contributed by atoms with Crippen molar-refractivity contribution in [3.05, 3.63) is 34.6 Å². The molecule has 1 nitrogen and oxygen atoms in total. The maximum atomic E-state index is 13.0. The van der Waals surface area contributed by atoms with Crippen molar-refractivity contribution in [3.8, 4) is 0 Å². The topological polar surface area (TPSA) is 12.0 Å². The largest absolute Gasteiger partial charge is 0.316 e. The second-order valence-corrected chi connectivity index (χ2v) is 4.87. The zero-order chi connectivity index (χ0) is 12.8. The lowest BCUT2D eigenvalue weighted by Gasteiger charge is -2.24. The number of nitrogens with one attached hydrogen (secondary N) is 1. The van der Waals surface area contributed by atoms with E-state index in [1.54, 1.807) is 0 Å². The highest BCUT2D eigenvalue weighted by molar-refractivity contribution is 6.31. The second kappa shape index (κ2) is 6.97. The van der Waals surface area contributed by atoms with Crippen LogP contribution in [0.3, 0.4) is 0 Å². The average Bonchev–Trinajstić information content (AvgIpc) is 2.31. The van der Waals surface area contributed by atoms with Crippen molar-refractivity contribution in [2.75, 3.05) is 13.1 Å². The van der Waals surface area contributed by atoms with Gasteiger partial charge < -0.3 is 5.32 Å². The van der Waals surface area contributed by atoms with Crippen molar-refractivity contribution < 1.29 is 4.39 Å². The van der Waals surface area contributed by atoms with Crippen LogP contribution in [0.2, 0.25) is 5.02 Å². The van der Waals surface area contributed by atoms with Crippen molar-refractivity contribution in [2.45, 2.75) is 33.1 Å². The van der Waals surface area contributed by atoms with Crippen LogP contribution < -0.4 is 5.32 Å². The Balaban J connectivity index is 2.95. The van der Waals surface area contributed by atoms with Gasteiger partial charge in [0.25, 0.3) is 0 Å². The molecule has 0 heterocycles. The van der Waals surface area contributed by atoms with Crippen molar-refractivity contribution >= 4 is 11.6 Å². The smallest absolute Gasteiger partial charge is 0.124 e. The van der Waals surface area contributed by atoms with Gasteiger partial charge in [-0.15, -0.1) is 0 Å². The number of hydrogen-bond donors (Lipinski definition) is 1. The molecule has 3 heteroatoms. The molecular weight excluding hydrogens is 237 g/mol. The summed E-state index contributed by atoms with van der Waals surface area (Å²) in [5, 5.41) is 3.89.